The third kappa shape index (κ3) is 6.98. The Morgan fingerprint density at radius 1 is 0.676 bits per heavy atom. The van der Waals surface area contributed by atoms with E-state index in [4.69, 9.17) is 0 Å². The first-order chi connectivity index (χ1) is 16.7. The molecule has 0 amide bonds. The molecule has 34 heavy (non-hydrogen) atoms. The zero-order valence-corrected chi connectivity index (χ0v) is 20.7. The minimum Gasteiger partial charge on any atom is -0.236 e. The SMILES string of the molecule is CCCCCCCCC[C@H]1CC[C@H](c2ccc(-c3cnc(-c4ccc(F)cc4)nc3)cc2)CC1. The summed E-state index contributed by atoms with van der Waals surface area (Å²) in [6, 6.07) is 15.3. The van der Waals surface area contributed by atoms with Crippen LogP contribution >= 0.6 is 0 Å². The number of halogens is 1. The van der Waals surface area contributed by atoms with Crippen LogP contribution in [0, 0.1) is 11.7 Å². The van der Waals surface area contributed by atoms with Gasteiger partial charge in [-0.15, -0.1) is 0 Å². The topological polar surface area (TPSA) is 25.8 Å². The standard InChI is InChI=1S/C31H39FN2/c1-2-3-4-5-6-7-8-9-24-10-12-25(13-11-24)26-14-16-27(17-15-26)29-22-33-31(34-23-29)28-18-20-30(32)21-19-28/h14-25H,2-13H2,1H3/t24-,25-. The van der Waals surface area contributed by atoms with E-state index in [-0.39, 0.29) is 5.82 Å². The molecule has 1 aliphatic carbocycles. The fourth-order valence-corrected chi connectivity index (χ4v) is 5.35. The highest BCUT2D eigenvalue weighted by Crippen LogP contribution is 2.38. The van der Waals surface area contributed by atoms with Crippen LogP contribution in [0.25, 0.3) is 22.5 Å². The lowest BCUT2D eigenvalue weighted by Crippen LogP contribution is -2.13. The second-order valence-corrected chi connectivity index (χ2v) is 10.1. The van der Waals surface area contributed by atoms with Crippen molar-refractivity contribution in [1.82, 2.24) is 9.97 Å². The van der Waals surface area contributed by atoms with Gasteiger partial charge in [-0.1, -0.05) is 82.6 Å². The van der Waals surface area contributed by atoms with Crippen LogP contribution in [0.5, 0.6) is 0 Å². The van der Waals surface area contributed by atoms with Crippen molar-refractivity contribution in [2.24, 2.45) is 5.92 Å². The average molecular weight is 459 g/mol. The summed E-state index contributed by atoms with van der Waals surface area (Å²) in [5.74, 6) is 2.02. The Labute approximate surface area is 205 Å². The lowest BCUT2D eigenvalue weighted by molar-refractivity contribution is 0.302. The maximum absolute atomic E-state index is 13.1. The fraction of sp³-hybridized carbons (Fsp3) is 0.484. The molecule has 0 atom stereocenters. The summed E-state index contributed by atoms with van der Waals surface area (Å²) in [7, 11) is 0. The van der Waals surface area contributed by atoms with Gasteiger partial charge in [0, 0.05) is 23.5 Å². The van der Waals surface area contributed by atoms with Crippen molar-refractivity contribution in [3.05, 3.63) is 72.3 Å². The van der Waals surface area contributed by atoms with Gasteiger partial charge in [-0.25, -0.2) is 14.4 Å². The summed E-state index contributed by atoms with van der Waals surface area (Å²) in [6.45, 7) is 2.29. The normalized spacial score (nSPS) is 18.2. The Hall–Kier alpha value is -2.55. The van der Waals surface area contributed by atoms with Crippen molar-refractivity contribution in [2.75, 3.05) is 0 Å². The molecule has 0 N–H and O–H groups in total. The third-order valence-electron chi connectivity index (χ3n) is 7.53. The Balaban J connectivity index is 1.23. The fourth-order valence-electron chi connectivity index (χ4n) is 5.35. The van der Waals surface area contributed by atoms with Gasteiger partial charge in [-0.2, -0.15) is 0 Å². The summed E-state index contributed by atoms with van der Waals surface area (Å²) in [5, 5.41) is 0. The summed E-state index contributed by atoms with van der Waals surface area (Å²) in [5.41, 5.74) is 4.45. The van der Waals surface area contributed by atoms with E-state index in [1.54, 1.807) is 12.1 Å². The lowest BCUT2D eigenvalue weighted by atomic mass is 9.77. The van der Waals surface area contributed by atoms with Crippen LogP contribution in [0.4, 0.5) is 4.39 Å². The second-order valence-electron chi connectivity index (χ2n) is 10.1. The Kier molecular flexibility index (Phi) is 9.24. The maximum Gasteiger partial charge on any atom is 0.159 e. The molecule has 3 heteroatoms. The Morgan fingerprint density at radius 3 is 1.91 bits per heavy atom. The first kappa shape index (κ1) is 24.6. The highest BCUT2D eigenvalue weighted by atomic mass is 19.1. The molecule has 1 aromatic heterocycles. The van der Waals surface area contributed by atoms with Crippen molar-refractivity contribution >= 4 is 0 Å². The van der Waals surface area contributed by atoms with Crippen molar-refractivity contribution in [1.29, 1.82) is 0 Å². The average Bonchev–Trinajstić information content (AvgIpc) is 2.89. The minimum atomic E-state index is -0.248. The van der Waals surface area contributed by atoms with Gasteiger partial charge in [0.25, 0.3) is 0 Å². The quantitative estimate of drug-likeness (QED) is 0.267. The Bertz CT molecular complexity index is 971. The molecule has 1 aliphatic rings. The Morgan fingerprint density at radius 2 is 1.26 bits per heavy atom. The van der Waals surface area contributed by atoms with Crippen LogP contribution in [0.2, 0.25) is 0 Å². The molecule has 1 fully saturated rings. The number of hydrogen-bond acceptors (Lipinski definition) is 2. The molecule has 3 aromatic rings. The summed E-state index contributed by atoms with van der Waals surface area (Å²) in [6.07, 6.45) is 20.5. The predicted octanol–water partition coefficient (Wildman–Crippen LogP) is 9.36. The van der Waals surface area contributed by atoms with Gasteiger partial charge in [0.15, 0.2) is 5.82 Å². The lowest BCUT2D eigenvalue weighted by Gasteiger charge is -2.29. The highest BCUT2D eigenvalue weighted by molar-refractivity contribution is 5.64. The van der Waals surface area contributed by atoms with Gasteiger partial charge in [0.1, 0.15) is 5.82 Å². The molecule has 0 bridgehead atoms. The molecule has 0 spiro atoms. The number of unbranched alkanes of at least 4 members (excludes halogenated alkanes) is 6. The number of hydrogen-bond donors (Lipinski definition) is 0. The van der Waals surface area contributed by atoms with E-state index < -0.39 is 0 Å². The molecule has 0 radical (unpaired) electrons. The predicted molar refractivity (Wildman–Crippen MR) is 140 cm³/mol. The first-order valence-corrected chi connectivity index (χ1v) is 13.4. The zero-order valence-electron chi connectivity index (χ0n) is 20.7. The second kappa shape index (κ2) is 12.8. The minimum absolute atomic E-state index is 0.248. The molecule has 1 heterocycles. The third-order valence-corrected chi connectivity index (χ3v) is 7.53. The van der Waals surface area contributed by atoms with Crippen LogP contribution in [0.15, 0.2) is 60.9 Å². The molecule has 1 saturated carbocycles. The first-order valence-electron chi connectivity index (χ1n) is 13.4. The molecule has 4 rings (SSSR count). The molecule has 0 unspecified atom stereocenters. The molecule has 0 saturated heterocycles. The molecule has 180 valence electrons. The molecule has 2 aromatic carbocycles. The maximum atomic E-state index is 13.1. The van der Waals surface area contributed by atoms with Gasteiger partial charge in [0.05, 0.1) is 0 Å². The van der Waals surface area contributed by atoms with E-state index in [1.807, 2.05) is 12.4 Å². The van der Waals surface area contributed by atoms with Crippen molar-refractivity contribution in [3.63, 3.8) is 0 Å². The zero-order chi connectivity index (χ0) is 23.6. The van der Waals surface area contributed by atoms with Gasteiger partial charge in [-0.3, -0.25) is 0 Å². The number of aromatic nitrogens is 2. The van der Waals surface area contributed by atoms with Crippen LogP contribution in [0.3, 0.4) is 0 Å². The van der Waals surface area contributed by atoms with E-state index in [0.29, 0.717) is 11.7 Å². The van der Waals surface area contributed by atoms with Crippen LogP contribution in [0.1, 0.15) is 95.5 Å². The van der Waals surface area contributed by atoms with Crippen LogP contribution in [-0.4, -0.2) is 9.97 Å². The van der Waals surface area contributed by atoms with Gasteiger partial charge in [0.2, 0.25) is 0 Å². The number of rotatable bonds is 11. The number of nitrogens with zero attached hydrogens (tertiary/aromatic N) is 2. The van der Waals surface area contributed by atoms with Gasteiger partial charge in [-0.05, 0) is 72.9 Å². The van der Waals surface area contributed by atoms with Gasteiger partial charge < -0.3 is 0 Å². The monoisotopic (exact) mass is 458 g/mol. The summed E-state index contributed by atoms with van der Waals surface area (Å²) in [4.78, 5) is 8.98. The summed E-state index contributed by atoms with van der Waals surface area (Å²) < 4.78 is 13.1. The molecule has 2 nitrogen and oxygen atoms in total. The van der Waals surface area contributed by atoms with E-state index in [0.717, 1.165) is 22.6 Å². The van der Waals surface area contributed by atoms with E-state index >= 15 is 0 Å². The number of benzene rings is 2. The smallest absolute Gasteiger partial charge is 0.159 e. The molecule has 0 aliphatic heterocycles. The largest absolute Gasteiger partial charge is 0.236 e. The molecular weight excluding hydrogens is 419 g/mol. The van der Waals surface area contributed by atoms with Crippen molar-refractivity contribution in [2.45, 2.75) is 89.9 Å². The van der Waals surface area contributed by atoms with Crippen molar-refractivity contribution in [3.8, 4) is 22.5 Å². The van der Waals surface area contributed by atoms with Crippen LogP contribution < -0.4 is 0 Å². The summed E-state index contributed by atoms with van der Waals surface area (Å²) >= 11 is 0. The van der Waals surface area contributed by atoms with E-state index in [9.17, 15) is 4.39 Å². The highest BCUT2D eigenvalue weighted by Gasteiger charge is 2.22. The molecular formula is C31H39FN2. The van der Waals surface area contributed by atoms with Gasteiger partial charge >= 0.3 is 0 Å². The van der Waals surface area contributed by atoms with E-state index in [2.05, 4.69) is 41.2 Å². The van der Waals surface area contributed by atoms with Crippen LogP contribution in [-0.2, 0) is 0 Å². The van der Waals surface area contributed by atoms with E-state index in [1.165, 1.54) is 94.7 Å². The van der Waals surface area contributed by atoms with Crippen molar-refractivity contribution < 1.29 is 4.39 Å².